The van der Waals surface area contributed by atoms with Gasteiger partial charge in [-0.05, 0) is 30.5 Å². The van der Waals surface area contributed by atoms with Crippen molar-refractivity contribution in [2.45, 2.75) is 45.7 Å². The predicted octanol–water partition coefficient (Wildman–Crippen LogP) is 3.56. The molecule has 3 rings (SSSR count). The van der Waals surface area contributed by atoms with Crippen molar-refractivity contribution in [2.75, 3.05) is 27.3 Å². The number of rotatable bonds is 7. The molecule has 0 amide bonds. The Labute approximate surface area is 166 Å². The largest absolute Gasteiger partial charge is 0.486 e. The molecule has 1 N–H and O–H groups in total. The second-order valence-electron chi connectivity index (χ2n) is 6.97. The van der Waals surface area contributed by atoms with Gasteiger partial charge < -0.3 is 24.2 Å². The van der Waals surface area contributed by atoms with E-state index in [2.05, 4.69) is 40.3 Å². The fourth-order valence-electron chi connectivity index (χ4n) is 3.40. The average molecular weight is 386 g/mol. The predicted molar refractivity (Wildman–Crippen MR) is 109 cm³/mol. The van der Waals surface area contributed by atoms with Crippen LogP contribution in [0.3, 0.4) is 0 Å². The van der Waals surface area contributed by atoms with E-state index in [0.29, 0.717) is 32.2 Å². The molecule has 0 bridgehead atoms. The molecule has 0 saturated heterocycles. The maximum atomic E-state index is 5.67. The fourth-order valence-corrected chi connectivity index (χ4v) is 3.40. The summed E-state index contributed by atoms with van der Waals surface area (Å²) in [5, 5.41) is 7.56. The zero-order chi connectivity index (χ0) is 19.9. The number of aliphatic imine (C=N–C) groups is 1. The lowest BCUT2D eigenvalue weighted by Crippen LogP contribution is -2.38. The highest BCUT2D eigenvalue weighted by Gasteiger charge is 2.15. The first-order valence-corrected chi connectivity index (χ1v) is 9.90. The van der Waals surface area contributed by atoms with Crippen LogP contribution in [0.15, 0.2) is 33.8 Å². The first-order valence-electron chi connectivity index (χ1n) is 9.90. The molecule has 0 atom stereocenters. The van der Waals surface area contributed by atoms with Gasteiger partial charge in [0.1, 0.15) is 13.2 Å². The number of guanidine groups is 1. The normalized spacial score (nSPS) is 13.7. The van der Waals surface area contributed by atoms with E-state index in [-0.39, 0.29) is 0 Å². The van der Waals surface area contributed by atoms with Crippen LogP contribution in [-0.4, -0.2) is 43.3 Å². The molecule has 2 heterocycles. The van der Waals surface area contributed by atoms with Crippen molar-refractivity contribution in [1.82, 2.24) is 15.4 Å². The van der Waals surface area contributed by atoms with Gasteiger partial charge in [-0.2, -0.15) is 0 Å². The van der Waals surface area contributed by atoms with Gasteiger partial charge in [0.2, 0.25) is 0 Å². The van der Waals surface area contributed by atoms with E-state index < -0.39 is 0 Å². The van der Waals surface area contributed by atoms with Crippen LogP contribution in [0.5, 0.6) is 11.5 Å². The van der Waals surface area contributed by atoms with Crippen LogP contribution in [-0.2, 0) is 13.1 Å². The minimum Gasteiger partial charge on any atom is -0.486 e. The Bertz CT molecular complexity index is 799. The minimum absolute atomic E-state index is 0.453. The van der Waals surface area contributed by atoms with Gasteiger partial charge in [0.25, 0.3) is 0 Å². The summed E-state index contributed by atoms with van der Waals surface area (Å²) in [5.74, 6) is 3.66. The summed E-state index contributed by atoms with van der Waals surface area (Å²) in [6.07, 6.45) is 2.13. The van der Waals surface area contributed by atoms with E-state index >= 15 is 0 Å². The van der Waals surface area contributed by atoms with Crippen LogP contribution in [0, 0.1) is 0 Å². The van der Waals surface area contributed by atoms with E-state index in [0.717, 1.165) is 47.3 Å². The zero-order valence-corrected chi connectivity index (χ0v) is 17.2. The van der Waals surface area contributed by atoms with Crippen molar-refractivity contribution in [3.63, 3.8) is 0 Å². The zero-order valence-electron chi connectivity index (χ0n) is 17.2. The van der Waals surface area contributed by atoms with Gasteiger partial charge in [0.05, 0.1) is 12.2 Å². The molecular weight excluding hydrogens is 356 g/mol. The molecule has 0 fully saturated rings. The van der Waals surface area contributed by atoms with E-state index in [1.54, 1.807) is 7.05 Å². The fraction of sp³-hybridized carbons (Fsp3) is 0.524. The second-order valence-corrected chi connectivity index (χ2v) is 6.97. The molecule has 0 aliphatic carbocycles. The number of aromatic nitrogens is 1. The molecule has 0 spiro atoms. The van der Waals surface area contributed by atoms with E-state index in [4.69, 9.17) is 14.0 Å². The van der Waals surface area contributed by atoms with Gasteiger partial charge in [-0.15, -0.1) is 0 Å². The summed E-state index contributed by atoms with van der Waals surface area (Å²) in [7, 11) is 3.78. The highest BCUT2D eigenvalue weighted by atomic mass is 16.6. The van der Waals surface area contributed by atoms with Crippen molar-refractivity contribution in [2.24, 2.45) is 4.99 Å². The summed E-state index contributed by atoms with van der Waals surface area (Å²) < 4.78 is 16.7. The van der Waals surface area contributed by atoms with E-state index in [9.17, 15) is 0 Å². The van der Waals surface area contributed by atoms with Gasteiger partial charge in [-0.1, -0.05) is 25.1 Å². The number of nitrogens with zero attached hydrogens (tertiary/aromatic N) is 3. The molecular formula is C21H30N4O3. The number of hydrogen-bond acceptors (Lipinski definition) is 5. The Morgan fingerprint density at radius 3 is 2.64 bits per heavy atom. The van der Waals surface area contributed by atoms with Crippen molar-refractivity contribution in [3.05, 3.63) is 41.3 Å². The Morgan fingerprint density at radius 2 is 1.93 bits per heavy atom. The smallest absolute Gasteiger partial charge is 0.194 e. The van der Waals surface area contributed by atoms with Crippen LogP contribution in [0.1, 0.15) is 49.6 Å². The Morgan fingerprint density at radius 1 is 1.18 bits per heavy atom. The maximum absolute atomic E-state index is 5.67. The Hall–Kier alpha value is -2.70. The van der Waals surface area contributed by atoms with Gasteiger partial charge in [-0.25, -0.2) is 0 Å². The van der Waals surface area contributed by atoms with E-state index in [1.807, 2.05) is 25.2 Å². The van der Waals surface area contributed by atoms with Gasteiger partial charge >= 0.3 is 0 Å². The summed E-state index contributed by atoms with van der Waals surface area (Å²) in [5.41, 5.74) is 2.16. The summed E-state index contributed by atoms with van der Waals surface area (Å²) >= 11 is 0. The standard InChI is InChI=1S/C21H30N4O3/c1-5-16(6-2)18-12-17(28-24-18)13-23-21(22-3)25(4)14-15-7-8-19-20(11-15)27-10-9-26-19/h7-8,11-12,16H,5-6,9-10,13-14H2,1-4H3,(H,22,23). The van der Waals surface area contributed by atoms with Crippen molar-refractivity contribution in [3.8, 4) is 11.5 Å². The molecule has 28 heavy (non-hydrogen) atoms. The molecule has 0 radical (unpaired) electrons. The topological polar surface area (TPSA) is 72.1 Å². The first kappa shape index (κ1) is 20.0. The number of nitrogens with one attached hydrogen (secondary N) is 1. The number of fused-ring (bicyclic) bond motifs is 1. The maximum Gasteiger partial charge on any atom is 0.194 e. The van der Waals surface area contributed by atoms with Crippen molar-refractivity contribution < 1.29 is 14.0 Å². The Kier molecular flexibility index (Phi) is 6.79. The van der Waals surface area contributed by atoms with Crippen LogP contribution in [0.25, 0.3) is 0 Å². The monoisotopic (exact) mass is 386 g/mol. The molecule has 152 valence electrons. The third-order valence-corrected chi connectivity index (χ3v) is 5.00. The van der Waals surface area contributed by atoms with Crippen LogP contribution in [0.4, 0.5) is 0 Å². The van der Waals surface area contributed by atoms with Crippen LogP contribution < -0.4 is 14.8 Å². The van der Waals surface area contributed by atoms with Crippen molar-refractivity contribution >= 4 is 5.96 Å². The molecule has 0 unspecified atom stereocenters. The third kappa shape index (κ3) is 4.77. The average Bonchev–Trinajstić information content (AvgIpc) is 3.18. The van der Waals surface area contributed by atoms with E-state index in [1.165, 1.54) is 0 Å². The third-order valence-electron chi connectivity index (χ3n) is 5.00. The molecule has 1 aliphatic rings. The molecule has 1 aromatic carbocycles. The van der Waals surface area contributed by atoms with Gasteiger partial charge in [-0.3, -0.25) is 4.99 Å². The second kappa shape index (κ2) is 9.48. The summed E-state index contributed by atoms with van der Waals surface area (Å²) in [4.78, 5) is 6.43. The SMILES string of the molecule is CCC(CC)c1cc(CNC(=NC)N(C)Cc2ccc3c(c2)OCCO3)on1. The van der Waals surface area contributed by atoms with Crippen LogP contribution in [0.2, 0.25) is 0 Å². The first-order chi connectivity index (χ1) is 13.6. The highest BCUT2D eigenvalue weighted by molar-refractivity contribution is 5.79. The molecule has 0 saturated carbocycles. The molecule has 1 aliphatic heterocycles. The minimum atomic E-state index is 0.453. The summed E-state index contributed by atoms with van der Waals surface area (Å²) in [6, 6.07) is 8.08. The number of ether oxygens (including phenoxy) is 2. The van der Waals surface area contributed by atoms with Crippen molar-refractivity contribution in [1.29, 1.82) is 0 Å². The quantitative estimate of drug-likeness (QED) is 0.579. The number of hydrogen-bond donors (Lipinski definition) is 1. The Balaban J connectivity index is 1.57. The number of benzene rings is 1. The highest BCUT2D eigenvalue weighted by Crippen LogP contribution is 2.31. The van der Waals surface area contributed by atoms with Crippen LogP contribution >= 0.6 is 0 Å². The van der Waals surface area contributed by atoms with Gasteiger partial charge in [0.15, 0.2) is 23.2 Å². The lowest BCUT2D eigenvalue weighted by atomic mass is 9.99. The lowest BCUT2D eigenvalue weighted by Gasteiger charge is -2.23. The molecule has 7 heteroatoms. The molecule has 1 aromatic heterocycles. The molecule has 2 aromatic rings. The lowest BCUT2D eigenvalue weighted by molar-refractivity contribution is 0.171. The summed E-state index contributed by atoms with van der Waals surface area (Å²) in [6.45, 7) is 6.79. The van der Waals surface area contributed by atoms with Gasteiger partial charge in [0, 0.05) is 32.6 Å². The molecule has 7 nitrogen and oxygen atoms in total.